The number of halogens is 6. The summed E-state index contributed by atoms with van der Waals surface area (Å²) < 4.78 is 94.7. The van der Waals surface area contributed by atoms with Crippen molar-refractivity contribution >= 4 is 27.6 Å². The SMILES string of the molecule is CS(=O)(=O)CC(=O)N(CCN1C2CCC1CC(c1cccc(C(N)=O)c1)C2)CC1CCC(C(F)(F)F)CC1.O=C(O)C(F)(F)F. The molecule has 0 aromatic heterocycles. The second kappa shape index (κ2) is 14.7. The average Bonchev–Trinajstić information content (AvgIpc) is 3.15. The number of rotatable bonds is 9. The number of primary amides is 1. The van der Waals surface area contributed by atoms with E-state index >= 15 is 0 Å². The maximum Gasteiger partial charge on any atom is 0.490 e. The molecule has 1 aromatic carbocycles. The quantitative estimate of drug-likeness (QED) is 0.372. The van der Waals surface area contributed by atoms with Gasteiger partial charge in [0, 0.05) is 43.5 Å². The van der Waals surface area contributed by atoms with Crippen molar-refractivity contribution in [2.24, 2.45) is 17.6 Å². The first-order valence-corrected chi connectivity index (χ1v) is 16.8. The molecule has 4 rings (SSSR count). The van der Waals surface area contributed by atoms with Crippen molar-refractivity contribution in [2.75, 3.05) is 31.6 Å². The van der Waals surface area contributed by atoms with E-state index in [2.05, 4.69) is 4.90 Å². The lowest BCUT2D eigenvalue weighted by Crippen LogP contribution is -2.48. The topological polar surface area (TPSA) is 138 Å². The molecule has 0 radical (unpaired) electrons. The molecule has 1 saturated carbocycles. The third kappa shape index (κ3) is 10.9. The predicted octanol–water partition coefficient (Wildman–Crippen LogP) is 4.37. The number of carboxylic acid groups (broad SMARTS) is 1. The van der Waals surface area contributed by atoms with Crippen LogP contribution in [0.4, 0.5) is 26.3 Å². The van der Waals surface area contributed by atoms with Crippen molar-refractivity contribution in [1.29, 1.82) is 0 Å². The molecular weight excluding hydrogens is 632 g/mol. The molecule has 45 heavy (non-hydrogen) atoms. The molecule has 2 saturated heterocycles. The summed E-state index contributed by atoms with van der Waals surface area (Å²) in [6, 6.07) is 8.13. The Morgan fingerprint density at radius 2 is 1.53 bits per heavy atom. The molecule has 2 atom stereocenters. The number of piperidine rings is 1. The van der Waals surface area contributed by atoms with Gasteiger partial charge in [-0.05, 0) is 80.9 Å². The molecule has 254 valence electrons. The predicted molar refractivity (Wildman–Crippen MR) is 152 cm³/mol. The molecule has 1 aromatic rings. The third-order valence-corrected chi connectivity index (χ3v) is 9.70. The van der Waals surface area contributed by atoms with Gasteiger partial charge in [-0.25, -0.2) is 13.2 Å². The number of carbonyl (C=O) groups is 3. The fourth-order valence-corrected chi connectivity index (χ4v) is 7.34. The minimum absolute atomic E-state index is 0.0525. The van der Waals surface area contributed by atoms with Crippen molar-refractivity contribution in [3.05, 3.63) is 35.4 Å². The number of alkyl halides is 6. The molecule has 1 aliphatic carbocycles. The van der Waals surface area contributed by atoms with Crippen LogP contribution >= 0.6 is 0 Å². The number of aliphatic carboxylic acids is 1. The van der Waals surface area contributed by atoms with Crippen LogP contribution in [-0.2, 0) is 19.4 Å². The maximum atomic E-state index is 13.1. The Balaban J connectivity index is 0.000000707. The lowest BCUT2D eigenvalue weighted by Gasteiger charge is -2.41. The van der Waals surface area contributed by atoms with Crippen LogP contribution in [0.25, 0.3) is 0 Å². The van der Waals surface area contributed by atoms with Crippen molar-refractivity contribution in [3.8, 4) is 0 Å². The summed E-state index contributed by atoms with van der Waals surface area (Å²) in [4.78, 5) is 37.4. The van der Waals surface area contributed by atoms with Crippen LogP contribution in [0.1, 0.15) is 73.2 Å². The van der Waals surface area contributed by atoms with Gasteiger partial charge in [-0.3, -0.25) is 14.5 Å². The number of hydrogen-bond donors (Lipinski definition) is 2. The lowest BCUT2D eigenvalue weighted by molar-refractivity contribution is -0.192. The van der Waals surface area contributed by atoms with Crippen molar-refractivity contribution in [1.82, 2.24) is 9.80 Å². The summed E-state index contributed by atoms with van der Waals surface area (Å²) in [5.74, 6) is -5.30. The van der Waals surface area contributed by atoms with E-state index in [0.717, 1.165) is 37.5 Å². The Morgan fingerprint density at radius 3 is 2.00 bits per heavy atom. The Labute approximate surface area is 258 Å². The van der Waals surface area contributed by atoms with Gasteiger partial charge in [-0.2, -0.15) is 26.3 Å². The fraction of sp³-hybridized carbons (Fsp3) is 0.690. The number of nitrogens with zero attached hydrogens (tertiary/aromatic N) is 2. The van der Waals surface area contributed by atoms with E-state index in [0.29, 0.717) is 56.0 Å². The summed E-state index contributed by atoms with van der Waals surface area (Å²) >= 11 is 0. The number of carboxylic acids is 1. The third-order valence-electron chi connectivity index (χ3n) is 8.92. The van der Waals surface area contributed by atoms with Gasteiger partial charge in [0.05, 0.1) is 5.92 Å². The average molecular weight is 672 g/mol. The first-order chi connectivity index (χ1) is 20.7. The molecule has 2 aliphatic heterocycles. The van der Waals surface area contributed by atoms with Crippen LogP contribution in [0.5, 0.6) is 0 Å². The number of hydrogen-bond acceptors (Lipinski definition) is 6. The summed E-state index contributed by atoms with van der Waals surface area (Å²) in [6.07, 6.45) is -3.45. The Kier molecular flexibility index (Phi) is 11.9. The smallest absolute Gasteiger partial charge is 0.475 e. The lowest BCUT2D eigenvalue weighted by atomic mass is 9.81. The van der Waals surface area contributed by atoms with Crippen LogP contribution in [0.2, 0.25) is 0 Å². The van der Waals surface area contributed by atoms with Crippen LogP contribution in [0.3, 0.4) is 0 Å². The molecule has 3 N–H and O–H groups in total. The normalized spacial score (nSPS) is 25.6. The summed E-state index contributed by atoms with van der Waals surface area (Å²) in [7, 11) is -3.52. The van der Waals surface area contributed by atoms with Gasteiger partial charge in [0.15, 0.2) is 9.84 Å². The molecule has 2 heterocycles. The highest BCUT2D eigenvalue weighted by atomic mass is 32.2. The van der Waals surface area contributed by atoms with E-state index in [1.165, 1.54) is 0 Å². The van der Waals surface area contributed by atoms with Crippen molar-refractivity contribution in [3.63, 3.8) is 0 Å². The minimum atomic E-state index is -5.08. The zero-order valence-corrected chi connectivity index (χ0v) is 25.6. The first-order valence-electron chi connectivity index (χ1n) is 14.7. The van der Waals surface area contributed by atoms with Crippen LogP contribution < -0.4 is 5.73 Å². The van der Waals surface area contributed by atoms with Gasteiger partial charge in [0.1, 0.15) is 5.75 Å². The number of fused-ring (bicyclic) bond motifs is 2. The van der Waals surface area contributed by atoms with Gasteiger partial charge in [0.25, 0.3) is 0 Å². The Hall–Kier alpha value is -2.88. The molecule has 9 nitrogen and oxygen atoms in total. The zero-order chi connectivity index (χ0) is 33.7. The van der Waals surface area contributed by atoms with Gasteiger partial charge in [-0.15, -0.1) is 0 Å². The van der Waals surface area contributed by atoms with E-state index in [1.807, 2.05) is 18.2 Å². The van der Waals surface area contributed by atoms with E-state index in [4.69, 9.17) is 15.6 Å². The van der Waals surface area contributed by atoms with Gasteiger partial charge < -0.3 is 15.7 Å². The minimum Gasteiger partial charge on any atom is -0.475 e. The van der Waals surface area contributed by atoms with Crippen LogP contribution in [-0.4, -0.2) is 97.2 Å². The van der Waals surface area contributed by atoms with E-state index < -0.39 is 51.6 Å². The van der Waals surface area contributed by atoms with Gasteiger partial charge in [0.2, 0.25) is 11.8 Å². The highest BCUT2D eigenvalue weighted by Crippen LogP contribution is 2.43. The maximum absolute atomic E-state index is 13.1. The van der Waals surface area contributed by atoms with Crippen LogP contribution in [0, 0.1) is 11.8 Å². The molecule has 3 aliphatic rings. The highest BCUT2D eigenvalue weighted by Gasteiger charge is 2.43. The molecule has 2 amide bonds. The van der Waals surface area contributed by atoms with Gasteiger partial charge in [-0.1, -0.05) is 12.1 Å². The molecule has 0 spiro atoms. The molecular formula is C29H39F6N3O6S. The van der Waals surface area contributed by atoms with E-state index in [-0.39, 0.29) is 18.8 Å². The number of benzene rings is 1. The molecule has 2 unspecified atom stereocenters. The molecule has 2 bridgehead atoms. The second-order valence-corrected chi connectivity index (χ2v) is 14.4. The monoisotopic (exact) mass is 671 g/mol. The second-order valence-electron chi connectivity index (χ2n) is 12.3. The Bertz CT molecular complexity index is 1300. The van der Waals surface area contributed by atoms with Crippen LogP contribution in [0.15, 0.2) is 24.3 Å². The zero-order valence-electron chi connectivity index (χ0n) is 24.8. The number of sulfone groups is 1. The summed E-state index contributed by atoms with van der Waals surface area (Å²) in [5, 5.41) is 7.12. The number of carbonyl (C=O) groups excluding carboxylic acids is 2. The first kappa shape index (κ1) is 36.6. The highest BCUT2D eigenvalue weighted by molar-refractivity contribution is 7.91. The number of amides is 2. The molecule has 16 heteroatoms. The largest absolute Gasteiger partial charge is 0.490 e. The van der Waals surface area contributed by atoms with Crippen molar-refractivity contribution < 1.29 is 54.3 Å². The van der Waals surface area contributed by atoms with Crippen molar-refractivity contribution in [2.45, 2.75) is 81.7 Å². The van der Waals surface area contributed by atoms with E-state index in [9.17, 15) is 44.3 Å². The number of nitrogens with two attached hydrogens (primary N) is 1. The standard InChI is InChI=1S/C27H38F3N3O4S.C2HF3O2/c1-38(36,37)17-25(34)32(16-18-5-7-22(8-6-18)27(28,29)30)11-12-33-23-9-10-24(33)15-21(14-23)19-3-2-4-20(13-19)26(31)35;3-2(4,5)1(6)7/h2-4,13,18,21-24H,5-12,14-17H2,1H3,(H2,31,35);(H,6,7). The summed E-state index contributed by atoms with van der Waals surface area (Å²) in [5.41, 5.74) is 7.07. The molecule has 3 fully saturated rings. The van der Waals surface area contributed by atoms with Gasteiger partial charge >= 0.3 is 18.3 Å². The van der Waals surface area contributed by atoms with E-state index in [1.54, 1.807) is 11.0 Å². The summed E-state index contributed by atoms with van der Waals surface area (Å²) in [6.45, 7) is 1.27. The Morgan fingerprint density at radius 1 is 0.978 bits per heavy atom. The fourth-order valence-electron chi connectivity index (χ4n) is 6.71.